The average molecular weight is 238 g/mol. The summed E-state index contributed by atoms with van der Waals surface area (Å²) in [5, 5.41) is 3.14. The lowest BCUT2D eigenvalue weighted by Crippen LogP contribution is -2.44. The van der Waals surface area contributed by atoms with Gasteiger partial charge in [0, 0.05) is 19.1 Å². The second kappa shape index (κ2) is 5.92. The van der Waals surface area contributed by atoms with Gasteiger partial charge in [0.05, 0.1) is 6.54 Å². The van der Waals surface area contributed by atoms with E-state index in [-0.39, 0.29) is 12.1 Å². The predicted molar refractivity (Wildman–Crippen MR) is 67.7 cm³/mol. The molecule has 96 valence electrons. The number of rotatable bonds is 3. The normalized spacial score (nSPS) is 20.1. The van der Waals surface area contributed by atoms with E-state index in [0.717, 1.165) is 25.9 Å². The molecule has 0 aromatic rings. The van der Waals surface area contributed by atoms with Crippen molar-refractivity contribution in [2.45, 2.75) is 45.3 Å². The van der Waals surface area contributed by atoms with Crippen molar-refractivity contribution in [2.75, 3.05) is 19.6 Å². The van der Waals surface area contributed by atoms with E-state index in [9.17, 15) is 4.79 Å². The van der Waals surface area contributed by atoms with Crippen LogP contribution in [0.4, 0.5) is 4.79 Å². The summed E-state index contributed by atoms with van der Waals surface area (Å²) in [6.45, 7) is 7.70. The molecule has 4 heteroatoms. The summed E-state index contributed by atoms with van der Waals surface area (Å²) in [6, 6.07) is 0.207. The van der Waals surface area contributed by atoms with Gasteiger partial charge in [-0.05, 0) is 33.6 Å². The minimum Gasteiger partial charge on any atom is -0.444 e. The molecule has 0 aromatic heterocycles. The number of terminal acetylenes is 1. The number of amides is 1. The number of hydrogen-bond donors (Lipinski definition) is 1. The lowest BCUT2D eigenvalue weighted by molar-refractivity contribution is 0.0227. The maximum absolute atomic E-state index is 11.9. The first-order valence-electron chi connectivity index (χ1n) is 6.08. The zero-order valence-electron chi connectivity index (χ0n) is 11.0. The van der Waals surface area contributed by atoms with Crippen LogP contribution in [0.15, 0.2) is 0 Å². The van der Waals surface area contributed by atoms with Gasteiger partial charge in [0.25, 0.3) is 0 Å². The Morgan fingerprint density at radius 3 is 2.88 bits per heavy atom. The highest BCUT2D eigenvalue weighted by atomic mass is 16.6. The molecule has 0 aliphatic carbocycles. The van der Waals surface area contributed by atoms with Crippen LogP contribution in [-0.4, -0.2) is 42.3 Å². The predicted octanol–water partition coefficient (Wildman–Crippen LogP) is 1.61. The van der Waals surface area contributed by atoms with Crippen molar-refractivity contribution in [3.05, 3.63) is 0 Å². The summed E-state index contributed by atoms with van der Waals surface area (Å²) >= 11 is 0. The van der Waals surface area contributed by atoms with E-state index in [1.807, 2.05) is 20.8 Å². The highest BCUT2D eigenvalue weighted by Gasteiger charge is 2.31. The van der Waals surface area contributed by atoms with Crippen molar-refractivity contribution >= 4 is 6.09 Å². The zero-order chi connectivity index (χ0) is 12.9. The van der Waals surface area contributed by atoms with Crippen LogP contribution in [0.1, 0.15) is 33.6 Å². The van der Waals surface area contributed by atoms with Crippen LogP contribution in [0.25, 0.3) is 0 Å². The fraction of sp³-hybridized carbons (Fsp3) is 0.769. The van der Waals surface area contributed by atoms with Gasteiger partial charge in [0.15, 0.2) is 0 Å². The number of nitrogens with one attached hydrogen (secondary N) is 1. The molecule has 4 nitrogen and oxygen atoms in total. The van der Waals surface area contributed by atoms with Gasteiger partial charge in [0.1, 0.15) is 5.60 Å². The Kier molecular flexibility index (Phi) is 4.83. The van der Waals surface area contributed by atoms with E-state index in [2.05, 4.69) is 11.2 Å². The van der Waals surface area contributed by atoms with Crippen molar-refractivity contribution in [3.8, 4) is 12.3 Å². The summed E-state index contributed by atoms with van der Waals surface area (Å²) in [5.74, 6) is 2.53. The Morgan fingerprint density at radius 1 is 1.59 bits per heavy atom. The van der Waals surface area contributed by atoms with Crippen LogP contribution in [0.3, 0.4) is 0 Å². The summed E-state index contributed by atoms with van der Waals surface area (Å²) in [5.41, 5.74) is -0.434. The number of hydrogen-bond acceptors (Lipinski definition) is 3. The van der Waals surface area contributed by atoms with Crippen molar-refractivity contribution in [2.24, 2.45) is 0 Å². The van der Waals surface area contributed by atoms with Crippen LogP contribution in [-0.2, 0) is 4.74 Å². The quantitative estimate of drug-likeness (QED) is 0.600. The third kappa shape index (κ3) is 4.66. The molecule has 1 atom stereocenters. The molecule has 0 aromatic carbocycles. The fourth-order valence-electron chi connectivity index (χ4n) is 1.92. The van der Waals surface area contributed by atoms with Crippen LogP contribution < -0.4 is 5.32 Å². The van der Waals surface area contributed by atoms with Gasteiger partial charge in [-0.1, -0.05) is 5.92 Å². The van der Waals surface area contributed by atoms with Crippen LogP contribution in [0.2, 0.25) is 0 Å². The Balaban J connectivity index is 2.46. The van der Waals surface area contributed by atoms with Crippen molar-refractivity contribution in [3.63, 3.8) is 0 Å². The smallest absolute Gasteiger partial charge is 0.410 e. The minimum atomic E-state index is -0.434. The van der Waals surface area contributed by atoms with E-state index < -0.39 is 5.60 Å². The first-order chi connectivity index (χ1) is 7.94. The molecule has 1 unspecified atom stereocenters. The Hall–Kier alpha value is -1.21. The maximum atomic E-state index is 11.9. The summed E-state index contributed by atoms with van der Waals surface area (Å²) < 4.78 is 5.38. The molecule has 1 rings (SSSR count). The molecule has 1 aliphatic rings. The number of carbonyl (C=O) groups is 1. The average Bonchev–Trinajstić information content (AvgIpc) is 2.64. The van der Waals surface area contributed by atoms with Gasteiger partial charge in [-0.25, -0.2) is 4.79 Å². The lowest BCUT2D eigenvalue weighted by Gasteiger charge is -2.28. The number of likely N-dealkylation sites (tertiary alicyclic amines) is 1. The second-order valence-corrected chi connectivity index (χ2v) is 5.30. The molecular formula is C13H22N2O2. The highest BCUT2D eigenvalue weighted by Crippen LogP contribution is 2.20. The van der Waals surface area contributed by atoms with E-state index in [1.54, 1.807) is 4.90 Å². The minimum absolute atomic E-state index is 0.207. The topological polar surface area (TPSA) is 41.6 Å². The third-order valence-electron chi connectivity index (χ3n) is 2.61. The Morgan fingerprint density at radius 2 is 2.29 bits per heavy atom. The zero-order valence-corrected chi connectivity index (χ0v) is 11.0. The molecule has 17 heavy (non-hydrogen) atoms. The van der Waals surface area contributed by atoms with Gasteiger partial charge in [-0.2, -0.15) is 0 Å². The van der Waals surface area contributed by atoms with E-state index in [1.165, 1.54) is 0 Å². The van der Waals surface area contributed by atoms with Crippen molar-refractivity contribution in [1.29, 1.82) is 0 Å². The maximum Gasteiger partial charge on any atom is 0.410 e. The SMILES string of the molecule is C#CCNCC1CCCN1C(=O)OC(C)(C)C. The van der Waals surface area contributed by atoms with Crippen molar-refractivity contribution in [1.82, 2.24) is 10.2 Å². The molecule has 0 bridgehead atoms. The van der Waals surface area contributed by atoms with Gasteiger partial charge in [0.2, 0.25) is 0 Å². The number of ether oxygens (including phenoxy) is 1. The molecule has 1 fully saturated rings. The largest absolute Gasteiger partial charge is 0.444 e. The second-order valence-electron chi connectivity index (χ2n) is 5.30. The molecule has 0 spiro atoms. The first kappa shape index (κ1) is 13.9. The van der Waals surface area contributed by atoms with Gasteiger partial charge >= 0.3 is 6.09 Å². The molecule has 0 saturated carbocycles. The van der Waals surface area contributed by atoms with E-state index >= 15 is 0 Å². The molecule has 1 N–H and O–H groups in total. The Labute approximate surface area is 104 Å². The van der Waals surface area contributed by atoms with Gasteiger partial charge in [-0.3, -0.25) is 0 Å². The highest BCUT2D eigenvalue weighted by molar-refractivity contribution is 5.69. The standard InChI is InChI=1S/C13H22N2O2/c1-5-8-14-10-11-7-6-9-15(11)12(16)17-13(2,3)4/h1,11,14H,6-10H2,2-4H3. The molecular weight excluding hydrogens is 216 g/mol. The van der Waals surface area contributed by atoms with E-state index in [4.69, 9.17) is 11.2 Å². The van der Waals surface area contributed by atoms with Crippen LogP contribution >= 0.6 is 0 Å². The van der Waals surface area contributed by atoms with Gasteiger partial charge < -0.3 is 15.0 Å². The van der Waals surface area contributed by atoms with Crippen LogP contribution in [0, 0.1) is 12.3 Å². The molecule has 1 saturated heterocycles. The molecule has 0 radical (unpaired) electrons. The third-order valence-corrected chi connectivity index (χ3v) is 2.61. The summed E-state index contributed by atoms with van der Waals surface area (Å²) in [7, 11) is 0. The molecule has 1 amide bonds. The number of carbonyl (C=O) groups excluding carboxylic acids is 1. The van der Waals surface area contributed by atoms with Crippen molar-refractivity contribution < 1.29 is 9.53 Å². The number of nitrogens with zero attached hydrogens (tertiary/aromatic N) is 1. The monoisotopic (exact) mass is 238 g/mol. The summed E-state index contributed by atoms with van der Waals surface area (Å²) in [4.78, 5) is 13.7. The lowest BCUT2D eigenvalue weighted by atomic mass is 10.2. The Bertz CT molecular complexity index is 302. The molecule has 1 aliphatic heterocycles. The van der Waals surface area contributed by atoms with Gasteiger partial charge in [-0.15, -0.1) is 6.42 Å². The molecule has 1 heterocycles. The van der Waals surface area contributed by atoms with E-state index in [0.29, 0.717) is 6.54 Å². The first-order valence-corrected chi connectivity index (χ1v) is 6.08. The van der Waals surface area contributed by atoms with Crippen LogP contribution in [0.5, 0.6) is 0 Å². The summed E-state index contributed by atoms with van der Waals surface area (Å²) in [6.07, 6.45) is 6.99. The fourth-order valence-corrected chi connectivity index (χ4v) is 1.92.